The third-order valence-electron chi connectivity index (χ3n) is 2.06. The molecule has 1 N–H and O–H groups in total. The zero-order chi connectivity index (χ0) is 9.97. The van der Waals surface area contributed by atoms with Gasteiger partial charge < -0.3 is 9.72 Å². The number of allylic oxidation sites excluding steroid dienone is 2. The van der Waals surface area contributed by atoms with E-state index >= 15 is 0 Å². The molecule has 0 fully saturated rings. The number of rotatable bonds is 2. The van der Waals surface area contributed by atoms with Crippen molar-refractivity contribution in [1.29, 1.82) is 0 Å². The first kappa shape index (κ1) is 8.81. The van der Waals surface area contributed by atoms with Crippen molar-refractivity contribution in [3.63, 3.8) is 0 Å². The molecule has 0 spiro atoms. The van der Waals surface area contributed by atoms with Gasteiger partial charge in [-0.05, 0) is 32.1 Å². The Balaban J connectivity index is 2.34. The average Bonchev–Trinajstić information content (AvgIpc) is 2.64. The zero-order valence-electron chi connectivity index (χ0n) is 8.24. The number of nitrogens with zero attached hydrogens (tertiary/aromatic N) is 1. The molecule has 2 aromatic heterocycles. The van der Waals surface area contributed by atoms with Crippen LogP contribution in [-0.4, -0.2) is 9.97 Å². The third-order valence-corrected chi connectivity index (χ3v) is 2.06. The molecule has 0 aliphatic heterocycles. The van der Waals surface area contributed by atoms with E-state index in [0.29, 0.717) is 0 Å². The van der Waals surface area contributed by atoms with Crippen LogP contribution >= 0.6 is 0 Å². The molecule has 0 unspecified atom stereocenters. The highest BCUT2D eigenvalue weighted by molar-refractivity contribution is 5.76. The Labute approximate surface area is 82.4 Å². The Morgan fingerprint density at radius 1 is 1.57 bits per heavy atom. The summed E-state index contributed by atoms with van der Waals surface area (Å²) >= 11 is 0. The number of fused-ring (bicyclic) bond motifs is 1. The molecule has 0 aliphatic carbocycles. The minimum atomic E-state index is 0.771. The van der Waals surface area contributed by atoms with Crippen LogP contribution < -0.4 is 4.74 Å². The van der Waals surface area contributed by atoms with E-state index in [2.05, 4.69) is 9.97 Å². The summed E-state index contributed by atoms with van der Waals surface area (Å²) in [4.78, 5) is 7.25. The molecule has 2 aromatic rings. The summed E-state index contributed by atoms with van der Waals surface area (Å²) in [5.74, 6) is 1.65. The molecule has 0 bridgehead atoms. The van der Waals surface area contributed by atoms with Crippen LogP contribution in [0.5, 0.6) is 5.75 Å². The van der Waals surface area contributed by atoms with Gasteiger partial charge in [-0.1, -0.05) is 0 Å². The molecule has 3 nitrogen and oxygen atoms in total. The van der Waals surface area contributed by atoms with Gasteiger partial charge in [-0.15, -0.1) is 0 Å². The van der Waals surface area contributed by atoms with E-state index in [9.17, 15) is 0 Å². The Kier molecular flexibility index (Phi) is 2.23. The van der Waals surface area contributed by atoms with Gasteiger partial charge in [0.15, 0.2) is 0 Å². The van der Waals surface area contributed by atoms with Crippen molar-refractivity contribution in [2.24, 2.45) is 0 Å². The minimum absolute atomic E-state index is 0.771. The van der Waals surface area contributed by atoms with Gasteiger partial charge in [-0.2, -0.15) is 0 Å². The first-order chi connectivity index (χ1) is 6.79. The summed E-state index contributed by atoms with van der Waals surface area (Å²) in [5, 5.41) is 1.06. The van der Waals surface area contributed by atoms with E-state index in [-0.39, 0.29) is 0 Å². The third kappa shape index (κ3) is 1.62. The summed E-state index contributed by atoms with van der Waals surface area (Å²) in [6.45, 7) is 3.86. The van der Waals surface area contributed by atoms with Gasteiger partial charge in [0.25, 0.3) is 0 Å². The first-order valence-electron chi connectivity index (χ1n) is 4.53. The normalized spacial score (nSPS) is 12.0. The van der Waals surface area contributed by atoms with Gasteiger partial charge >= 0.3 is 0 Å². The molecule has 0 aromatic carbocycles. The lowest BCUT2D eigenvalue weighted by atomic mass is 10.3. The predicted octanol–water partition coefficient (Wildman–Crippen LogP) is 2.87. The molecule has 72 valence electrons. The number of hydrogen-bond acceptors (Lipinski definition) is 2. The van der Waals surface area contributed by atoms with Crippen LogP contribution in [-0.2, 0) is 0 Å². The molecule has 14 heavy (non-hydrogen) atoms. The van der Waals surface area contributed by atoms with Crippen molar-refractivity contribution >= 4 is 11.0 Å². The molecule has 0 amide bonds. The molecular weight excluding hydrogens is 176 g/mol. The Morgan fingerprint density at radius 2 is 2.43 bits per heavy atom. The Morgan fingerprint density at radius 3 is 3.21 bits per heavy atom. The molecule has 0 radical (unpaired) electrons. The highest BCUT2D eigenvalue weighted by atomic mass is 16.5. The maximum absolute atomic E-state index is 5.53. The number of nitrogens with one attached hydrogen (secondary N) is 1. The van der Waals surface area contributed by atoms with E-state index in [1.54, 1.807) is 6.20 Å². The Bertz CT molecular complexity index is 471. The van der Waals surface area contributed by atoms with Crippen LogP contribution in [0, 0.1) is 0 Å². The number of H-pyrrole nitrogens is 1. The highest BCUT2D eigenvalue weighted by Gasteiger charge is 1.99. The lowest BCUT2D eigenvalue weighted by Crippen LogP contribution is -1.90. The van der Waals surface area contributed by atoms with Crippen LogP contribution in [0.3, 0.4) is 0 Å². The van der Waals surface area contributed by atoms with Gasteiger partial charge in [0.2, 0.25) is 0 Å². The molecule has 2 rings (SSSR count). The molecular formula is C11H12N2O. The standard InChI is InChI=1S/C11H12N2O/c1-3-8(2)14-10-6-9-4-5-12-11(9)13-7-10/h3-7H,1-2H3,(H,12,13)/b8-3+. The molecule has 3 heteroatoms. The SMILES string of the molecule is C/C=C(\C)Oc1cnc2[nH]ccc2c1. The fraction of sp³-hybridized carbons (Fsp3) is 0.182. The molecule has 0 saturated carbocycles. The Hall–Kier alpha value is -1.77. The number of aromatic nitrogens is 2. The highest BCUT2D eigenvalue weighted by Crippen LogP contribution is 2.18. The summed E-state index contributed by atoms with van der Waals surface area (Å²) in [7, 11) is 0. The quantitative estimate of drug-likeness (QED) is 0.736. The predicted molar refractivity (Wildman–Crippen MR) is 56.2 cm³/mol. The second kappa shape index (κ2) is 3.54. The fourth-order valence-corrected chi connectivity index (χ4v) is 1.22. The van der Waals surface area contributed by atoms with E-state index in [1.165, 1.54) is 0 Å². The van der Waals surface area contributed by atoms with E-state index in [0.717, 1.165) is 22.5 Å². The summed E-state index contributed by atoms with van der Waals surface area (Å²) in [6, 6.07) is 3.94. The molecule has 0 atom stereocenters. The summed E-state index contributed by atoms with van der Waals surface area (Å²) in [6.07, 6.45) is 5.50. The minimum Gasteiger partial charge on any atom is -0.461 e. The molecule has 0 saturated heterocycles. The van der Waals surface area contributed by atoms with Crippen molar-refractivity contribution < 1.29 is 4.74 Å². The number of aromatic amines is 1. The largest absolute Gasteiger partial charge is 0.461 e. The first-order valence-corrected chi connectivity index (χ1v) is 4.53. The summed E-state index contributed by atoms with van der Waals surface area (Å²) < 4.78 is 5.53. The van der Waals surface area contributed by atoms with E-state index < -0.39 is 0 Å². The van der Waals surface area contributed by atoms with Crippen molar-refractivity contribution in [3.8, 4) is 5.75 Å². The van der Waals surface area contributed by atoms with Crippen molar-refractivity contribution in [3.05, 3.63) is 36.4 Å². The molecule has 0 aliphatic rings. The maximum atomic E-state index is 5.53. The fourth-order valence-electron chi connectivity index (χ4n) is 1.22. The topological polar surface area (TPSA) is 37.9 Å². The number of pyridine rings is 1. The van der Waals surface area contributed by atoms with Gasteiger partial charge in [-0.3, -0.25) is 0 Å². The lowest BCUT2D eigenvalue weighted by molar-refractivity contribution is 0.425. The van der Waals surface area contributed by atoms with Crippen LogP contribution in [0.15, 0.2) is 36.4 Å². The van der Waals surface area contributed by atoms with E-state index in [1.807, 2.05) is 38.3 Å². The molecule has 2 heterocycles. The van der Waals surface area contributed by atoms with Gasteiger partial charge in [0, 0.05) is 11.6 Å². The van der Waals surface area contributed by atoms with Crippen LogP contribution in [0.2, 0.25) is 0 Å². The number of ether oxygens (including phenoxy) is 1. The van der Waals surface area contributed by atoms with Crippen molar-refractivity contribution in [2.45, 2.75) is 13.8 Å². The zero-order valence-corrected chi connectivity index (χ0v) is 8.24. The second-order valence-electron chi connectivity index (χ2n) is 3.09. The van der Waals surface area contributed by atoms with Crippen LogP contribution in [0.25, 0.3) is 11.0 Å². The monoisotopic (exact) mass is 188 g/mol. The van der Waals surface area contributed by atoms with Gasteiger partial charge in [-0.25, -0.2) is 4.98 Å². The second-order valence-corrected chi connectivity index (χ2v) is 3.09. The van der Waals surface area contributed by atoms with Crippen LogP contribution in [0.1, 0.15) is 13.8 Å². The maximum Gasteiger partial charge on any atom is 0.145 e. The van der Waals surface area contributed by atoms with E-state index in [4.69, 9.17) is 4.74 Å². The smallest absolute Gasteiger partial charge is 0.145 e. The van der Waals surface area contributed by atoms with Crippen molar-refractivity contribution in [1.82, 2.24) is 9.97 Å². The summed E-state index contributed by atoms with van der Waals surface area (Å²) in [5.41, 5.74) is 0.885. The van der Waals surface area contributed by atoms with Gasteiger partial charge in [0.05, 0.1) is 12.0 Å². The van der Waals surface area contributed by atoms with Gasteiger partial charge in [0.1, 0.15) is 11.4 Å². The lowest BCUT2D eigenvalue weighted by Gasteiger charge is -2.04. The van der Waals surface area contributed by atoms with Crippen molar-refractivity contribution in [2.75, 3.05) is 0 Å². The number of hydrogen-bond donors (Lipinski definition) is 1. The average molecular weight is 188 g/mol. The van der Waals surface area contributed by atoms with Crippen LogP contribution in [0.4, 0.5) is 0 Å².